The average Bonchev–Trinajstić information content (AvgIpc) is 1.83. The minimum Gasteiger partial charge on any atom is -0.276 e. The Morgan fingerprint density at radius 3 is 2.62 bits per heavy atom. The summed E-state index contributed by atoms with van der Waals surface area (Å²) in [4.78, 5) is 14.6. The Labute approximate surface area is 49.2 Å². The molecule has 3 nitrogen and oxygen atoms in total. The summed E-state index contributed by atoms with van der Waals surface area (Å²) in [6.45, 7) is 6.12. The largest absolute Gasteiger partial charge is 0.276 e. The van der Waals surface area contributed by atoms with Gasteiger partial charge in [-0.1, -0.05) is 0 Å². The molecule has 0 aliphatic carbocycles. The van der Waals surface area contributed by atoms with Gasteiger partial charge in [-0.05, 0) is 13.8 Å². The molecule has 0 saturated heterocycles. The Hall–Kier alpha value is -0.570. The Kier molecular flexibility index (Phi) is 4.26. The molecule has 0 saturated carbocycles. The van der Waals surface area contributed by atoms with Crippen LogP contribution in [0.4, 0.5) is 0 Å². The number of carbonyl (C=O) groups excluding carboxylic acids is 1. The van der Waals surface area contributed by atoms with Gasteiger partial charge in [0.05, 0.1) is 6.61 Å². The summed E-state index contributed by atoms with van der Waals surface area (Å²) in [5, 5.41) is 1.14. The normalized spacial score (nSPS) is 8.75. The first kappa shape index (κ1) is 7.43. The molecule has 0 aromatic carbocycles. The molecular formula is C5H10NO2. The van der Waals surface area contributed by atoms with Gasteiger partial charge in [-0.25, -0.2) is 5.06 Å². The Balaban J connectivity index is 3.21. The van der Waals surface area contributed by atoms with E-state index < -0.39 is 0 Å². The second-order valence-corrected chi connectivity index (χ2v) is 1.16. The van der Waals surface area contributed by atoms with E-state index in [-0.39, 0.29) is 0 Å². The molecule has 0 bridgehead atoms. The van der Waals surface area contributed by atoms with Gasteiger partial charge in [0.25, 0.3) is 0 Å². The SMILES string of the molecule is [CH2]CN(C=O)OCC. The summed E-state index contributed by atoms with van der Waals surface area (Å²) in [6, 6.07) is 0. The highest BCUT2D eigenvalue weighted by Crippen LogP contribution is 1.80. The van der Waals surface area contributed by atoms with E-state index >= 15 is 0 Å². The second-order valence-electron chi connectivity index (χ2n) is 1.16. The fourth-order valence-electron chi connectivity index (χ4n) is 0.314. The molecule has 0 N–H and O–H groups in total. The van der Waals surface area contributed by atoms with Crippen LogP contribution in [0, 0.1) is 6.92 Å². The summed E-state index contributed by atoms with van der Waals surface area (Å²) in [7, 11) is 0. The lowest BCUT2D eigenvalue weighted by Crippen LogP contribution is -2.21. The molecule has 8 heavy (non-hydrogen) atoms. The van der Waals surface area contributed by atoms with Gasteiger partial charge in [0, 0.05) is 6.54 Å². The molecule has 1 amide bonds. The zero-order valence-corrected chi connectivity index (χ0v) is 4.96. The van der Waals surface area contributed by atoms with E-state index in [1.807, 2.05) is 6.92 Å². The molecule has 0 heterocycles. The fourth-order valence-corrected chi connectivity index (χ4v) is 0.314. The molecule has 0 rings (SSSR count). The topological polar surface area (TPSA) is 29.5 Å². The first-order valence-corrected chi connectivity index (χ1v) is 2.49. The van der Waals surface area contributed by atoms with E-state index in [9.17, 15) is 4.79 Å². The van der Waals surface area contributed by atoms with Gasteiger partial charge in [-0.3, -0.25) is 9.63 Å². The highest BCUT2D eigenvalue weighted by atomic mass is 16.7. The molecule has 47 valence electrons. The van der Waals surface area contributed by atoms with E-state index in [0.717, 1.165) is 5.06 Å². The number of hydroxylamine groups is 2. The third kappa shape index (κ3) is 2.58. The van der Waals surface area contributed by atoms with Gasteiger partial charge in [0.1, 0.15) is 0 Å². The highest BCUT2D eigenvalue weighted by molar-refractivity contribution is 5.44. The van der Waals surface area contributed by atoms with Crippen LogP contribution in [-0.4, -0.2) is 24.6 Å². The van der Waals surface area contributed by atoms with Crippen molar-refractivity contribution in [3.05, 3.63) is 6.92 Å². The van der Waals surface area contributed by atoms with Crippen LogP contribution in [0.1, 0.15) is 6.92 Å². The predicted molar refractivity (Wildman–Crippen MR) is 29.8 cm³/mol. The molecule has 0 aliphatic rings. The van der Waals surface area contributed by atoms with Crippen molar-refractivity contribution in [3.8, 4) is 0 Å². The third-order valence-corrected chi connectivity index (χ3v) is 0.633. The van der Waals surface area contributed by atoms with Gasteiger partial charge in [0.2, 0.25) is 6.41 Å². The van der Waals surface area contributed by atoms with Gasteiger partial charge in [-0.15, -0.1) is 0 Å². The van der Waals surface area contributed by atoms with Crippen LogP contribution in [-0.2, 0) is 9.63 Å². The van der Waals surface area contributed by atoms with Crippen molar-refractivity contribution in [2.45, 2.75) is 6.92 Å². The maximum atomic E-state index is 9.89. The molecule has 0 aliphatic heterocycles. The molecular weight excluding hydrogens is 106 g/mol. The third-order valence-electron chi connectivity index (χ3n) is 0.633. The molecule has 1 radical (unpaired) electrons. The summed E-state index contributed by atoms with van der Waals surface area (Å²) >= 11 is 0. The van der Waals surface area contributed by atoms with Gasteiger partial charge < -0.3 is 0 Å². The van der Waals surface area contributed by atoms with Crippen LogP contribution < -0.4 is 0 Å². The van der Waals surface area contributed by atoms with E-state index in [0.29, 0.717) is 19.6 Å². The number of carbonyl (C=O) groups is 1. The first-order chi connectivity index (χ1) is 3.85. The lowest BCUT2D eigenvalue weighted by molar-refractivity contribution is -0.166. The zero-order valence-electron chi connectivity index (χ0n) is 4.96. The quantitative estimate of drug-likeness (QED) is 0.388. The van der Waals surface area contributed by atoms with E-state index in [2.05, 4.69) is 6.92 Å². The summed E-state index contributed by atoms with van der Waals surface area (Å²) in [6.07, 6.45) is 0.608. The molecule has 0 spiro atoms. The van der Waals surface area contributed by atoms with Gasteiger partial charge in [-0.2, -0.15) is 0 Å². The number of hydrogen-bond donors (Lipinski definition) is 0. The lowest BCUT2D eigenvalue weighted by Gasteiger charge is -2.11. The van der Waals surface area contributed by atoms with Gasteiger partial charge in [0.15, 0.2) is 0 Å². The highest BCUT2D eigenvalue weighted by Gasteiger charge is 1.91. The molecule has 0 aromatic heterocycles. The Bertz CT molecular complexity index is 65.4. The van der Waals surface area contributed by atoms with Crippen LogP contribution in [0.15, 0.2) is 0 Å². The van der Waals surface area contributed by atoms with Gasteiger partial charge >= 0.3 is 0 Å². The van der Waals surface area contributed by atoms with E-state index in [1.54, 1.807) is 0 Å². The Morgan fingerprint density at radius 2 is 2.50 bits per heavy atom. The maximum absolute atomic E-state index is 9.89. The Morgan fingerprint density at radius 1 is 1.88 bits per heavy atom. The number of hydrogen-bond acceptors (Lipinski definition) is 2. The van der Waals surface area contributed by atoms with E-state index in [4.69, 9.17) is 4.84 Å². The first-order valence-electron chi connectivity index (χ1n) is 2.49. The predicted octanol–water partition coefficient (Wildman–Crippen LogP) is 0.230. The minimum atomic E-state index is 0.358. The maximum Gasteiger partial charge on any atom is 0.233 e. The summed E-state index contributed by atoms with van der Waals surface area (Å²) in [5.74, 6) is 0. The number of nitrogens with zero attached hydrogens (tertiary/aromatic N) is 1. The van der Waals surface area contributed by atoms with Crippen LogP contribution in [0.5, 0.6) is 0 Å². The van der Waals surface area contributed by atoms with Crippen LogP contribution >= 0.6 is 0 Å². The van der Waals surface area contributed by atoms with Crippen LogP contribution in [0.3, 0.4) is 0 Å². The lowest BCUT2D eigenvalue weighted by atomic mass is 10.7. The van der Waals surface area contributed by atoms with Crippen molar-refractivity contribution < 1.29 is 9.63 Å². The number of rotatable bonds is 4. The van der Waals surface area contributed by atoms with Crippen molar-refractivity contribution in [2.24, 2.45) is 0 Å². The second kappa shape index (κ2) is 4.59. The fraction of sp³-hybridized carbons (Fsp3) is 0.600. The van der Waals surface area contributed by atoms with Crippen molar-refractivity contribution >= 4 is 6.41 Å². The van der Waals surface area contributed by atoms with Crippen molar-refractivity contribution in [1.82, 2.24) is 5.06 Å². The average molecular weight is 116 g/mol. The standard InChI is InChI=1S/C5H10NO2/c1-3-6(5-7)8-4-2/h5H,1,3-4H2,2H3. The van der Waals surface area contributed by atoms with Crippen molar-refractivity contribution in [3.63, 3.8) is 0 Å². The van der Waals surface area contributed by atoms with E-state index in [1.165, 1.54) is 0 Å². The minimum absolute atomic E-state index is 0.358. The van der Waals surface area contributed by atoms with Crippen molar-refractivity contribution in [2.75, 3.05) is 13.2 Å². The summed E-state index contributed by atoms with van der Waals surface area (Å²) < 4.78 is 0. The molecule has 0 atom stereocenters. The molecule has 0 aromatic rings. The molecule has 0 unspecified atom stereocenters. The molecule has 0 fully saturated rings. The summed E-state index contributed by atoms with van der Waals surface area (Å²) in [5.41, 5.74) is 0. The number of amides is 1. The monoisotopic (exact) mass is 116 g/mol. The van der Waals surface area contributed by atoms with Crippen LogP contribution in [0.2, 0.25) is 0 Å². The zero-order chi connectivity index (χ0) is 6.41. The molecule has 3 heteroatoms. The van der Waals surface area contributed by atoms with Crippen LogP contribution in [0.25, 0.3) is 0 Å². The smallest absolute Gasteiger partial charge is 0.233 e. The van der Waals surface area contributed by atoms with Crippen molar-refractivity contribution in [1.29, 1.82) is 0 Å².